The Morgan fingerprint density at radius 1 is 1.48 bits per heavy atom. The zero-order valence-corrected chi connectivity index (χ0v) is 18.0. The van der Waals surface area contributed by atoms with E-state index >= 15 is 0 Å². The summed E-state index contributed by atoms with van der Waals surface area (Å²) in [5.74, 6) is -0.0816. The number of thiophene rings is 1. The summed E-state index contributed by atoms with van der Waals surface area (Å²) in [6, 6.07) is 4.29. The van der Waals surface area contributed by atoms with Crippen molar-refractivity contribution >= 4 is 42.1 Å². The van der Waals surface area contributed by atoms with E-state index in [4.69, 9.17) is 10.5 Å². The standard InChI is InChI=1S/C17H29N3O2S.2ClH/c1-6-22-14-10-17(18,16(14,2)3)15(21)19-11-12(20(4)5)13-8-7-9-23-13;;/h7-9,12,14H,6,10-11,18H2,1-5H3,(H,19,21);2*1H. The molecule has 1 fully saturated rings. The molecule has 0 spiro atoms. The minimum Gasteiger partial charge on any atom is -0.378 e. The minimum absolute atomic E-state index is 0. The Morgan fingerprint density at radius 2 is 2.12 bits per heavy atom. The lowest BCUT2D eigenvalue weighted by Gasteiger charge is -2.57. The predicted molar refractivity (Wildman–Crippen MR) is 109 cm³/mol. The van der Waals surface area contributed by atoms with Crippen LogP contribution in [0.2, 0.25) is 0 Å². The first kappa shape index (κ1) is 24.6. The number of carbonyl (C=O) groups excluding carboxylic acids is 1. The lowest BCUT2D eigenvalue weighted by molar-refractivity contribution is -0.170. The highest BCUT2D eigenvalue weighted by molar-refractivity contribution is 7.10. The maximum absolute atomic E-state index is 12.7. The van der Waals surface area contributed by atoms with Crippen LogP contribution in [0.25, 0.3) is 0 Å². The molecule has 1 aromatic heterocycles. The largest absolute Gasteiger partial charge is 0.378 e. The number of nitrogens with two attached hydrogens (primary N) is 1. The molecule has 1 amide bonds. The molecule has 1 aromatic rings. The molecule has 0 saturated heterocycles. The first-order valence-electron chi connectivity index (χ1n) is 8.12. The zero-order valence-electron chi connectivity index (χ0n) is 15.6. The molecule has 0 aromatic carbocycles. The van der Waals surface area contributed by atoms with E-state index in [0.29, 0.717) is 19.6 Å². The van der Waals surface area contributed by atoms with Gasteiger partial charge in [0, 0.05) is 29.9 Å². The molecule has 3 atom stereocenters. The van der Waals surface area contributed by atoms with E-state index in [1.807, 2.05) is 40.9 Å². The lowest BCUT2D eigenvalue weighted by Crippen LogP contribution is -2.75. The van der Waals surface area contributed by atoms with Gasteiger partial charge in [0.15, 0.2) is 0 Å². The fourth-order valence-electron chi connectivity index (χ4n) is 3.19. The maximum atomic E-state index is 12.7. The van der Waals surface area contributed by atoms with Crippen LogP contribution in [0.3, 0.4) is 0 Å². The number of nitrogens with zero attached hydrogens (tertiary/aromatic N) is 1. The van der Waals surface area contributed by atoms with Crippen LogP contribution in [0.5, 0.6) is 0 Å². The Balaban J connectivity index is 0.00000288. The number of ether oxygens (including phenoxy) is 1. The number of carbonyl (C=O) groups is 1. The van der Waals surface area contributed by atoms with Crippen LogP contribution in [0.1, 0.15) is 38.1 Å². The van der Waals surface area contributed by atoms with Crippen LogP contribution >= 0.6 is 36.2 Å². The van der Waals surface area contributed by atoms with E-state index in [-0.39, 0.29) is 48.3 Å². The number of rotatable bonds is 7. The van der Waals surface area contributed by atoms with Crippen LogP contribution in [-0.4, -0.2) is 49.7 Å². The Morgan fingerprint density at radius 3 is 2.56 bits per heavy atom. The Bertz CT molecular complexity index is 540. The molecule has 1 aliphatic carbocycles. The van der Waals surface area contributed by atoms with E-state index < -0.39 is 5.54 Å². The number of hydrogen-bond donors (Lipinski definition) is 2. The second-order valence-corrected chi connectivity index (χ2v) is 8.03. The van der Waals surface area contributed by atoms with Gasteiger partial charge in [0.25, 0.3) is 0 Å². The molecule has 25 heavy (non-hydrogen) atoms. The molecule has 0 bridgehead atoms. The number of halogens is 2. The quantitative estimate of drug-likeness (QED) is 0.723. The predicted octanol–water partition coefficient (Wildman–Crippen LogP) is 2.84. The molecule has 1 saturated carbocycles. The van der Waals surface area contributed by atoms with Crippen LogP contribution in [0.15, 0.2) is 17.5 Å². The highest BCUT2D eigenvalue weighted by atomic mass is 35.5. The van der Waals surface area contributed by atoms with E-state index in [0.717, 1.165) is 0 Å². The Labute approximate surface area is 167 Å². The average molecular weight is 412 g/mol. The van der Waals surface area contributed by atoms with Gasteiger partial charge in [-0.15, -0.1) is 36.2 Å². The van der Waals surface area contributed by atoms with Gasteiger partial charge in [-0.05, 0) is 32.5 Å². The highest BCUT2D eigenvalue weighted by Gasteiger charge is 2.62. The summed E-state index contributed by atoms with van der Waals surface area (Å²) in [5.41, 5.74) is 5.20. The van der Waals surface area contributed by atoms with Gasteiger partial charge in [-0.25, -0.2) is 0 Å². The summed E-state index contributed by atoms with van der Waals surface area (Å²) in [6.07, 6.45) is 0.621. The van der Waals surface area contributed by atoms with Gasteiger partial charge in [-0.1, -0.05) is 19.9 Å². The molecule has 3 unspecified atom stereocenters. The topological polar surface area (TPSA) is 67.6 Å². The van der Waals surface area contributed by atoms with E-state index in [1.54, 1.807) is 11.3 Å². The summed E-state index contributed by atoms with van der Waals surface area (Å²) in [5, 5.41) is 5.11. The molecule has 8 heteroatoms. The number of hydrogen-bond acceptors (Lipinski definition) is 5. The molecule has 5 nitrogen and oxygen atoms in total. The number of amides is 1. The second-order valence-electron chi connectivity index (χ2n) is 7.05. The summed E-state index contributed by atoms with van der Waals surface area (Å²) in [6.45, 7) is 7.20. The van der Waals surface area contributed by atoms with Crippen molar-refractivity contribution in [1.29, 1.82) is 0 Å². The fourth-order valence-corrected chi connectivity index (χ4v) is 4.11. The fraction of sp³-hybridized carbons (Fsp3) is 0.706. The third kappa shape index (κ3) is 4.67. The van der Waals surface area contributed by atoms with E-state index in [1.165, 1.54) is 4.88 Å². The van der Waals surface area contributed by atoms with Crippen molar-refractivity contribution < 1.29 is 9.53 Å². The van der Waals surface area contributed by atoms with Gasteiger partial charge in [0.1, 0.15) is 5.54 Å². The molecule has 146 valence electrons. The summed E-state index contributed by atoms with van der Waals surface area (Å²) in [7, 11) is 4.04. The molecule has 0 radical (unpaired) electrons. The van der Waals surface area contributed by atoms with E-state index in [2.05, 4.69) is 21.7 Å². The third-order valence-electron chi connectivity index (χ3n) is 5.19. The highest BCUT2D eigenvalue weighted by Crippen LogP contribution is 2.49. The average Bonchev–Trinajstić information content (AvgIpc) is 3.00. The monoisotopic (exact) mass is 411 g/mol. The van der Waals surface area contributed by atoms with Gasteiger partial charge < -0.3 is 20.7 Å². The molecule has 3 N–H and O–H groups in total. The van der Waals surface area contributed by atoms with Crippen molar-refractivity contribution in [2.75, 3.05) is 27.2 Å². The van der Waals surface area contributed by atoms with Gasteiger partial charge in [0.2, 0.25) is 5.91 Å². The van der Waals surface area contributed by atoms with E-state index in [9.17, 15) is 4.79 Å². The van der Waals surface area contributed by atoms with Gasteiger partial charge in [0.05, 0.1) is 12.1 Å². The lowest BCUT2D eigenvalue weighted by atomic mass is 9.54. The van der Waals surface area contributed by atoms with Crippen LogP contribution in [0.4, 0.5) is 0 Å². The number of nitrogens with one attached hydrogen (secondary N) is 1. The van der Waals surface area contributed by atoms with Gasteiger partial charge in [-0.2, -0.15) is 0 Å². The smallest absolute Gasteiger partial charge is 0.240 e. The first-order chi connectivity index (χ1) is 10.7. The van der Waals surface area contributed by atoms with Gasteiger partial charge >= 0.3 is 0 Å². The van der Waals surface area contributed by atoms with Crippen molar-refractivity contribution in [1.82, 2.24) is 10.2 Å². The van der Waals surface area contributed by atoms with Crippen molar-refractivity contribution in [2.24, 2.45) is 11.1 Å². The molecule has 1 aliphatic rings. The minimum atomic E-state index is -0.862. The summed E-state index contributed by atoms with van der Waals surface area (Å²) >= 11 is 1.70. The Hall–Kier alpha value is -0.370. The van der Waals surface area contributed by atoms with Gasteiger partial charge in [-0.3, -0.25) is 4.79 Å². The van der Waals surface area contributed by atoms with Crippen LogP contribution in [0, 0.1) is 5.41 Å². The van der Waals surface area contributed by atoms with Crippen molar-refractivity contribution in [3.05, 3.63) is 22.4 Å². The first-order valence-corrected chi connectivity index (χ1v) is 9.00. The van der Waals surface area contributed by atoms with Crippen molar-refractivity contribution in [2.45, 2.75) is 44.9 Å². The summed E-state index contributed by atoms with van der Waals surface area (Å²) < 4.78 is 5.69. The van der Waals surface area contributed by atoms with Crippen LogP contribution < -0.4 is 11.1 Å². The normalized spacial score (nSPS) is 25.3. The molecular formula is C17H31Cl2N3O2S. The molecule has 1 heterocycles. The van der Waals surface area contributed by atoms with Crippen molar-refractivity contribution in [3.63, 3.8) is 0 Å². The Kier molecular flexibility index (Phi) is 9.39. The zero-order chi connectivity index (χ0) is 17.3. The maximum Gasteiger partial charge on any atom is 0.240 e. The summed E-state index contributed by atoms with van der Waals surface area (Å²) in [4.78, 5) is 16.1. The molecule has 2 rings (SSSR count). The SMILES string of the molecule is CCOC1CC(N)(C(=O)NCC(c2cccs2)N(C)C)C1(C)C.Cl.Cl. The van der Waals surface area contributed by atoms with Crippen molar-refractivity contribution in [3.8, 4) is 0 Å². The second kappa shape index (κ2) is 9.53. The third-order valence-corrected chi connectivity index (χ3v) is 6.16. The van der Waals surface area contributed by atoms with Crippen LogP contribution in [-0.2, 0) is 9.53 Å². The molecule has 0 aliphatic heterocycles. The number of likely N-dealkylation sites (N-methyl/N-ethyl adjacent to an activating group) is 1. The molecular weight excluding hydrogens is 381 g/mol.